The van der Waals surface area contributed by atoms with Gasteiger partial charge in [-0.15, -0.1) is 10.2 Å². The Morgan fingerprint density at radius 1 is 1.50 bits per heavy atom. The van der Waals surface area contributed by atoms with Crippen molar-refractivity contribution >= 4 is 0 Å². The summed E-state index contributed by atoms with van der Waals surface area (Å²) in [6.07, 6.45) is 3.96. The summed E-state index contributed by atoms with van der Waals surface area (Å²) in [6, 6.07) is 2.17. The summed E-state index contributed by atoms with van der Waals surface area (Å²) >= 11 is 0. The van der Waals surface area contributed by atoms with E-state index in [0.29, 0.717) is 0 Å². The molecule has 96 valence electrons. The average molecular weight is 246 g/mol. The smallest absolute Gasteiger partial charge is 0.149 e. The zero-order valence-corrected chi connectivity index (χ0v) is 10.8. The van der Waals surface area contributed by atoms with Gasteiger partial charge in [-0.1, -0.05) is 0 Å². The Balaban J connectivity index is 1.68. The molecule has 0 saturated heterocycles. The monoisotopic (exact) mass is 246 g/mol. The molecule has 0 aromatic carbocycles. The molecule has 3 rings (SSSR count). The standard InChI is InChI=1S/C13H18N4O/c1-9-5-7-18-11(9)8-14-10(2)13-16-15-12-4-3-6-17(12)13/h5,7,10,14H,3-4,6,8H2,1-2H3. The van der Waals surface area contributed by atoms with Crippen LogP contribution >= 0.6 is 0 Å². The Hall–Kier alpha value is -1.62. The predicted molar refractivity (Wildman–Crippen MR) is 67.0 cm³/mol. The molecule has 0 radical (unpaired) electrons. The van der Waals surface area contributed by atoms with Crippen LogP contribution in [0.1, 0.15) is 42.4 Å². The number of aromatic nitrogens is 3. The third-order valence-electron chi connectivity index (χ3n) is 3.56. The van der Waals surface area contributed by atoms with Gasteiger partial charge >= 0.3 is 0 Å². The molecular weight excluding hydrogens is 228 g/mol. The second kappa shape index (κ2) is 4.57. The summed E-state index contributed by atoms with van der Waals surface area (Å²) < 4.78 is 7.65. The minimum atomic E-state index is 0.189. The van der Waals surface area contributed by atoms with Crippen molar-refractivity contribution in [2.45, 2.75) is 45.8 Å². The van der Waals surface area contributed by atoms with Crippen LogP contribution in [0.4, 0.5) is 0 Å². The van der Waals surface area contributed by atoms with Crippen LogP contribution in [-0.4, -0.2) is 14.8 Å². The van der Waals surface area contributed by atoms with Crippen molar-refractivity contribution in [2.24, 2.45) is 0 Å². The number of nitrogens with zero attached hydrogens (tertiary/aromatic N) is 3. The molecule has 0 fully saturated rings. The number of nitrogens with one attached hydrogen (secondary N) is 1. The lowest BCUT2D eigenvalue weighted by Crippen LogP contribution is -2.21. The lowest BCUT2D eigenvalue weighted by molar-refractivity contribution is 0.443. The molecule has 2 aromatic rings. The SMILES string of the molecule is Cc1ccoc1CNC(C)c1nnc2n1CCC2. The van der Waals surface area contributed by atoms with Crippen LogP contribution in [-0.2, 0) is 19.5 Å². The van der Waals surface area contributed by atoms with Crippen molar-refractivity contribution in [3.05, 3.63) is 35.3 Å². The van der Waals surface area contributed by atoms with E-state index in [0.717, 1.165) is 36.9 Å². The van der Waals surface area contributed by atoms with Crippen LogP contribution in [0, 0.1) is 6.92 Å². The summed E-state index contributed by atoms with van der Waals surface area (Å²) in [6.45, 7) is 5.94. The predicted octanol–water partition coefficient (Wildman–Crippen LogP) is 1.98. The molecule has 0 spiro atoms. The highest BCUT2D eigenvalue weighted by molar-refractivity contribution is 5.14. The van der Waals surface area contributed by atoms with Gasteiger partial charge in [0.2, 0.25) is 0 Å². The van der Waals surface area contributed by atoms with Crippen molar-refractivity contribution < 1.29 is 4.42 Å². The maximum atomic E-state index is 5.42. The first kappa shape index (κ1) is 11.5. The molecule has 1 atom stereocenters. The van der Waals surface area contributed by atoms with Gasteiger partial charge in [-0.2, -0.15) is 0 Å². The van der Waals surface area contributed by atoms with Crippen LogP contribution in [0.5, 0.6) is 0 Å². The first-order valence-corrected chi connectivity index (χ1v) is 6.44. The van der Waals surface area contributed by atoms with Gasteiger partial charge in [0.15, 0.2) is 0 Å². The van der Waals surface area contributed by atoms with Crippen LogP contribution in [0.3, 0.4) is 0 Å². The van der Waals surface area contributed by atoms with Gasteiger partial charge in [-0.3, -0.25) is 0 Å². The molecule has 1 unspecified atom stereocenters. The zero-order valence-electron chi connectivity index (χ0n) is 10.8. The summed E-state index contributed by atoms with van der Waals surface area (Å²) in [5, 5.41) is 12.0. The fraction of sp³-hybridized carbons (Fsp3) is 0.538. The zero-order chi connectivity index (χ0) is 12.5. The van der Waals surface area contributed by atoms with Gasteiger partial charge < -0.3 is 14.3 Å². The van der Waals surface area contributed by atoms with Crippen LogP contribution in [0.25, 0.3) is 0 Å². The second-order valence-electron chi connectivity index (χ2n) is 4.86. The molecule has 5 nitrogen and oxygen atoms in total. The Kier molecular flexibility index (Phi) is 2.91. The summed E-state index contributed by atoms with van der Waals surface area (Å²) in [5.74, 6) is 3.14. The molecular formula is C13H18N4O. The van der Waals surface area contributed by atoms with Gasteiger partial charge in [0.05, 0.1) is 18.8 Å². The number of hydrogen-bond donors (Lipinski definition) is 1. The van der Waals surface area contributed by atoms with E-state index in [1.54, 1.807) is 6.26 Å². The van der Waals surface area contributed by atoms with E-state index in [1.807, 2.05) is 6.07 Å². The summed E-state index contributed by atoms with van der Waals surface area (Å²) in [4.78, 5) is 0. The Morgan fingerprint density at radius 3 is 3.17 bits per heavy atom. The van der Waals surface area contributed by atoms with E-state index < -0.39 is 0 Å². The lowest BCUT2D eigenvalue weighted by atomic mass is 10.2. The topological polar surface area (TPSA) is 55.9 Å². The van der Waals surface area contributed by atoms with Crippen LogP contribution in [0.2, 0.25) is 0 Å². The van der Waals surface area contributed by atoms with Gasteiger partial charge in [-0.25, -0.2) is 0 Å². The second-order valence-corrected chi connectivity index (χ2v) is 4.86. The molecule has 1 N–H and O–H groups in total. The molecule has 0 aliphatic carbocycles. The molecule has 18 heavy (non-hydrogen) atoms. The van der Waals surface area contributed by atoms with Gasteiger partial charge in [0, 0.05) is 13.0 Å². The highest BCUT2D eigenvalue weighted by Gasteiger charge is 2.21. The van der Waals surface area contributed by atoms with Crippen molar-refractivity contribution in [1.29, 1.82) is 0 Å². The Morgan fingerprint density at radius 2 is 2.39 bits per heavy atom. The van der Waals surface area contributed by atoms with E-state index in [9.17, 15) is 0 Å². The maximum absolute atomic E-state index is 5.42. The minimum absolute atomic E-state index is 0.189. The fourth-order valence-electron chi connectivity index (χ4n) is 2.42. The number of aryl methyl sites for hydroxylation is 2. The minimum Gasteiger partial charge on any atom is -0.468 e. The largest absolute Gasteiger partial charge is 0.468 e. The lowest BCUT2D eigenvalue weighted by Gasteiger charge is -2.13. The summed E-state index contributed by atoms with van der Waals surface area (Å²) in [7, 11) is 0. The van der Waals surface area contributed by atoms with E-state index in [1.165, 1.54) is 12.0 Å². The third kappa shape index (κ3) is 1.95. The number of fused-ring (bicyclic) bond motifs is 1. The van der Waals surface area contributed by atoms with Gasteiger partial charge in [-0.05, 0) is 31.9 Å². The number of rotatable bonds is 4. The molecule has 5 heteroatoms. The van der Waals surface area contributed by atoms with Crippen molar-refractivity contribution in [1.82, 2.24) is 20.1 Å². The molecule has 3 heterocycles. The van der Waals surface area contributed by atoms with E-state index >= 15 is 0 Å². The van der Waals surface area contributed by atoms with Crippen molar-refractivity contribution in [3.8, 4) is 0 Å². The number of hydrogen-bond acceptors (Lipinski definition) is 4. The molecule has 0 amide bonds. The summed E-state index contributed by atoms with van der Waals surface area (Å²) in [5.41, 5.74) is 1.18. The highest BCUT2D eigenvalue weighted by Crippen LogP contribution is 2.19. The van der Waals surface area contributed by atoms with Gasteiger partial charge in [0.1, 0.15) is 17.4 Å². The first-order chi connectivity index (χ1) is 8.75. The quantitative estimate of drug-likeness (QED) is 0.896. The molecule has 1 aliphatic heterocycles. The number of furan rings is 1. The highest BCUT2D eigenvalue weighted by atomic mass is 16.3. The van der Waals surface area contributed by atoms with Gasteiger partial charge in [0.25, 0.3) is 0 Å². The molecule has 2 aromatic heterocycles. The normalized spacial score (nSPS) is 15.9. The third-order valence-corrected chi connectivity index (χ3v) is 3.56. The van der Waals surface area contributed by atoms with Crippen molar-refractivity contribution in [3.63, 3.8) is 0 Å². The molecule has 0 saturated carbocycles. The fourth-order valence-corrected chi connectivity index (χ4v) is 2.42. The molecule has 0 bridgehead atoms. The van der Waals surface area contributed by atoms with E-state index in [-0.39, 0.29) is 6.04 Å². The first-order valence-electron chi connectivity index (χ1n) is 6.44. The van der Waals surface area contributed by atoms with E-state index in [4.69, 9.17) is 4.42 Å². The van der Waals surface area contributed by atoms with Crippen LogP contribution < -0.4 is 5.32 Å². The molecule has 1 aliphatic rings. The average Bonchev–Trinajstić information content (AvgIpc) is 3.01. The Bertz CT molecular complexity index is 543. The maximum Gasteiger partial charge on any atom is 0.149 e. The van der Waals surface area contributed by atoms with E-state index in [2.05, 4.69) is 33.9 Å². The van der Waals surface area contributed by atoms with Crippen LogP contribution in [0.15, 0.2) is 16.7 Å². The Labute approximate surface area is 106 Å². The van der Waals surface area contributed by atoms with Crippen molar-refractivity contribution in [2.75, 3.05) is 0 Å².